The molecule has 0 saturated carbocycles. The second-order valence-corrected chi connectivity index (χ2v) is 10.7. The van der Waals surface area contributed by atoms with Crippen LogP contribution in [0, 0.1) is 5.92 Å². The summed E-state index contributed by atoms with van der Waals surface area (Å²) in [6.07, 6.45) is 4.18. The first-order valence-electron chi connectivity index (χ1n) is 13.6. The zero-order valence-electron chi connectivity index (χ0n) is 22.4. The Labute approximate surface area is 232 Å². The number of carbonyl (C=O) groups is 2. The molecule has 0 radical (unpaired) electrons. The van der Waals surface area contributed by atoms with Gasteiger partial charge in [-0.25, -0.2) is 0 Å². The molecule has 202 valence electrons. The molecule has 2 amide bonds. The second kappa shape index (κ2) is 10.8. The molecule has 2 aliphatic rings. The Balaban J connectivity index is 1.31. The van der Waals surface area contributed by atoms with Gasteiger partial charge in [0.15, 0.2) is 0 Å². The van der Waals surface area contributed by atoms with E-state index >= 15 is 0 Å². The van der Waals surface area contributed by atoms with Crippen LogP contribution in [-0.4, -0.2) is 46.4 Å². The van der Waals surface area contributed by atoms with E-state index in [-0.39, 0.29) is 23.3 Å². The van der Waals surface area contributed by atoms with Crippen molar-refractivity contribution in [3.63, 3.8) is 0 Å². The lowest BCUT2D eigenvalue weighted by atomic mass is 9.83. The van der Waals surface area contributed by atoms with Crippen LogP contribution in [0.3, 0.4) is 0 Å². The topological polar surface area (TPSA) is 87.5 Å². The first kappa shape index (κ1) is 25.6. The fourth-order valence-corrected chi connectivity index (χ4v) is 5.98. The Morgan fingerprint density at radius 3 is 2.60 bits per heavy atom. The monoisotopic (exact) mass is 533 g/mol. The molecule has 8 nitrogen and oxygen atoms in total. The summed E-state index contributed by atoms with van der Waals surface area (Å²) in [4.78, 5) is 47.2. The van der Waals surface area contributed by atoms with Crippen molar-refractivity contribution < 1.29 is 9.59 Å². The minimum atomic E-state index is -0.286. The van der Waals surface area contributed by atoms with Gasteiger partial charge >= 0.3 is 0 Å². The summed E-state index contributed by atoms with van der Waals surface area (Å²) in [6.45, 7) is 2.64. The predicted octanol–water partition coefficient (Wildman–Crippen LogP) is 4.39. The maximum absolute atomic E-state index is 13.4. The van der Waals surface area contributed by atoms with Crippen molar-refractivity contribution in [3.05, 3.63) is 124 Å². The number of pyridine rings is 2. The maximum atomic E-state index is 13.4. The molecule has 1 N–H and O–H groups in total. The number of amides is 2. The molecule has 2 unspecified atom stereocenters. The van der Waals surface area contributed by atoms with Crippen molar-refractivity contribution in [2.24, 2.45) is 5.92 Å². The van der Waals surface area contributed by atoms with E-state index in [2.05, 4.69) is 15.2 Å². The molecule has 0 aliphatic carbocycles. The SMILES string of the molecule is CN(Cc1ccccc1)C(=O)c1ccc(N2CC3CC(C2)c2cccc(=O)n2C3)c(NC(=O)c2cccnc2)c1. The maximum Gasteiger partial charge on any atom is 0.257 e. The molecule has 2 atom stereocenters. The molecule has 1 saturated heterocycles. The molecule has 8 heteroatoms. The van der Waals surface area contributed by atoms with Gasteiger partial charge < -0.3 is 19.7 Å². The number of rotatable bonds is 6. The van der Waals surface area contributed by atoms with Crippen LogP contribution in [0.25, 0.3) is 0 Å². The second-order valence-electron chi connectivity index (χ2n) is 10.7. The van der Waals surface area contributed by atoms with Crippen molar-refractivity contribution >= 4 is 23.2 Å². The van der Waals surface area contributed by atoms with Gasteiger partial charge in [-0.15, -0.1) is 0 Å². The number of piperidine rings is 1. The van der Waals surface area contributed by atoms with E-state index in [9.17, 15) is 14.4 Å². The number of nitrogens with zero attached hydrogens (tertiary/aromatic N) is 4. The summed E-state index contributed by atoms with van der Waals surface area (Å²) < 4.78 is 1.91. The van der Waals surface area contributed by atoms with Gasteiger partial charge in [-0.1, -0.05) is 36.4 Å². The van der Waals surface area contributed by atoms with Crippen LogP contribution in [0.4, 0.5) is 11.4 Å². The number of hydrogen-bond donors (Lipinski definition) is 1. The predicted molar refractivity (Wildman–Crippen MR) is 155 cm³/mol. The zero-order valence-corrected chi connectivity index (χ0v) is 22.4. The third kappa shape index (κ3) is 5.12. The molecule has 6 rings (SSSR count). The van der Waals surface area contributed by atoms with E-state index in [1.54, 1.807) is 42.4 Å². The summed E-state index contributed by atoms with van der Waals surface area (Å²) in [5, 5.41) is 3.06. The fraction of sp³-hybridized carbons (Fsp3) is 0.250. The molecule has 40 heavy (non-hydrogen) atoms. The molecule has 0 spiro atoms. The van der Waals surface area contributed by atoms with Gasteiger partial charge in [0, 0.05) is 68.9 Å². The molecule has 1 fully saturated rings. The highest BCUT2D eigenvalue weighted by atomic mass is 16.2. The number of aromatic nitrogens is 2. The zero-order chi connectivity index (χ0) is 27.6. The minimum absolute atomic E-state index is 0.0487. The Morgan fingerprint density at radius 2 is 1.80 bits per heavy atom. The van der Waals surface area contributed by atoms with Crippen molar-refractivity contribution in [2.45, 2.75) is 25.4 Å². The molecule has 4 heterocycles. The van der Waals surface area contributed by atoms with Crippen molar-refractivity contribution in [1.29, 1.82) is 0 Å². The molecule has 2 aromatic carbocycles. The van der Waals surface area contributed by atoms with E-state index in [4.69, 9.17) is 0 Å². The van der Waals surface area contributed by atoms with Gasteiger partial charge in [-0.2, -0.15) is 0 Å². The molecule has 2 aromatic heterocycles. The minimum Gasteiger partial charge on any atom is -0.369 e. The van der Waals surface area contributed by atoms with Crippen molar-refractivity contribution in [3.8, 4) is 0 Å². The largest absolute Gasteiger partial charge is 0.369 e. The van der Waals surface area contributed by atoms with Crippen LogP contribution in [0.2, 0.25) is 0 Å². The first-order valence-corrected chi connectivity index (χ1v) is 13.6. The van der Waals surface area contributed by atoms with Crippen molar-refractivity contribution in [1.82, 2.24) is 14.5 Å². The molecule has 2 bridgehead atoms. The van der Waals surface area contributed by atoms with Crippen LogP contribution < -0.4 is 15.8 Å². The van der Waals surface area contributed by atoms with Gasteiger partial charge in [0.1, 0.15) is 0 Å². The van der Waals surface area contributed by atoms with E-state index in [0.29, 0.717) is 35.8 Å². The van der Waals surface area contributed by atoms with Crippen LogP contribution in [0.1, 0.15) is 44.3 Å². The number of nitrogens with one attached hydrogen (secondary N) is 1. The van der Waals surface area contributed by atoms with Gasteiger partial charge in [-0.05, 0) is 54.3 Å². The Morgan fingerprint density at radius 1 is 0.950 bits per heavy atom. The van der Waals surface area contributed by atoms with Gasteiger partial charge in [0.2, 0.25) is 0 Å². The Kier molecular flexibility index (Phi) is 6.90. The van der Waals surface area contributed by atoms with E-state index in [1.807, 2.05) is 59.2 Å². The Hall–Kier alpha value is -4.72. The van der Waals surface area contributed by atoms with Gasteiger partial charge in [0.25, 0.3) is 17.4 Å². The van der Waals surface area contributed by atoms with Gasteiger partial charge in [-0.3, -0.25) is 19.4 Å². The third-order valence-corrected chi connectivity index (χ3v) is 7.85. The summed E-state index contributed by atoms with van der Waals surface area (Å²) >= 11 is 0. The number of fused-ring (bicyclic) bond motifs is 4. The van der Waals surface area contributed by atoms with Crippen LogP contribution in [-0.2, 0) is 13.1 Å². The molecule has 4 aromatic rings. The van der Waals surface area contributed by atoms with E-state index in [1.165, 1.54) is 6.20 Å². The first-order chi connectivity index (χ1) is 19.5. The lowest BCUT2D eigenvalue weighted by Crippen LogP contribution is -2.47. The average molecular weight is 534 g/mol. The highest BCUT2D eigenvalue weighted by molar-refractivity contribution is 6.07. The number of anilines is 2. The Bertz CT molecular complexity index is 1600. The summed E-state index contributed by atoms with van der Waals surface area (Å²) in [6, 6.07) is 24.3. The summed E-state index contributed by atoms with van der Waals surface area (Å²) in [7, 11) is 1.78. The molecule has 2 aliphatic heterocycles. The third-order valence-electron chi connectivity index (χ3n) is 7.85. The number of hydrogen-bond acceptors (Lipinski definition) is 5. The fourth-order valence-electron chi connectivity index (χ4n) is 5.98. The van der Waals surface area contributed by atoms with Crippen LogP contribution >= 0.6 is 0 Å². The average Bonchev–Trinajstić information content (AvgIpc) is 2.98. The number of benzene rings is 2. The van der Waals surface area contributed by atoms with Crippen molar-refractivity contribution in [2.75, 3.05) is 30.4 Å². The highest BCUT2D eigenvalue weighted by Crippen LogP contribution is 2.39. The lowest BCUT2D eigenvalue weighted by molar-refractivity contribution is 0.0784. The number of carbonyl (C=O) groups excluding carboxylic acids is 2. The highest BCUT2D eigenvalue weighted by Gasteiger charge is 2.35. The van der Waals surface area contributed by atoms with E-state index < -0.39 is 0 Å². The normalized spacial score (nSPS) is 17.6. The summed E-state index contributed by atoms with van der Waals surface area (Å²) in [5.74, 6) is 0.106. The molecular weight excluding hydrogens is 502 g/mol. The smallest absolute Gasteiger partial charge is 0.257 e. The van der Waals surface area contributed by atoms with Crippen LogP contribution in [0.5, 0.6) is 0 Å². The summed E-state index contributed by atoms with van der Waals surface area (Å²) in [5.41, 5.74) is 4.53. The molecular formula is C32H31N5O3. The standard InChI is InChI=1S/C32H31N5O3/c1-35(18-22-7-3-2-4-8-22)32(40)24-12-13-29(27(16-24)34-31(39)25-9-6-14-33-17-25)36-19-23-15-26(21-36)28-10-5-11-30(38)37(28)20-23/h2-14,16-17,23,26H,15,18-21H2,1H3,(H,34,39). The lowest BCUT2D eigenvalue weighted by Gasteiger charge is -2.44. The van der Waals surface area contributed by atoms with E-state index in [0.717, 1.165) is 36.5 Å². The van der Waals surface area contributed by atoms with Crippen LogP contribution in [0.15, 0.2) is 96.1 Å². The quantitative estimate of drug-likeness (QED) is 0.397. The van der Waals surface area contributed by atoms with Gasteiger partial charge in [0.05, 0.1) is 16.9 Å².